The Balaban J connectivity index is 1.21. The van der Waals surface area contributed by atoms with E-state index in [2.05, 4.69) is 80.8 Å². The second-order valence-corrected chi connectivity index (χ2v) is 7.66. The summed E-state index contributed by atoms with van der Waals surface area (Å²) in [5.41, 5.74) is 4.60. The summed E-state index contributed by atoms with van der Waals surface area (Å²) in [6.07, 6.45) is 0. The summed E-state index contributed by atoms with van der Waals surface area (Å²) in [4.78, 5) is 5.06. The third-order valence-electron chi connectivity index (χ3n) is 5.48. The third-order valence-corrected chi connectivity index (χ3v) is 5.48. The van der Waals surface area contributed by atoms with Gasteiger partial charge in [0.05, 0.1) is 5.69 Å². The highest BCUT2D eigenvalue weighted by molar-refractivity contribution is 5.63. The van der Waals surface area contributed by atoms with Gasteiger partial charge in [-0.3, -0.25) is 9.80 Å². The normalized spacial score (nSPS) is 15.3. The van der Waals surface area contributed by atoms with E-state index in [-0.39, 0.29) is 0 Å². The van der Waals surface area contributed by atoms with Gasteiger partial charge in [0.1, 0.15) is 5.82 Å². The molecule has 5 nitrogen and oxygen atoms in total. The molecule has 0 spiro atoms. The van der Waals surface area contributed by atoms with Crippen LogP contribution in [0.25, 0.3) is 11.3 Å². The van der Waals surface area contributed by atoms with Crippen molar-refractivity contribution in [2.24, 2.45) is 0 Å². The van der Waals surface area contributed by atoms with E-state index in [9.17, 15) is 0 Å². The summed E-state index contributed by atoms with van der Waals surface area (Å²) < 4.78 is 0. The molecule has 1 N–H and O–H groups in total. The Bertz CT molecular complexity index is 890. The lowest BCUT2D eigenvalue weighted by Crippen LogP contribution is -2.47. The van der Waals surface area contributed by atoms with E-state index in [1.54, 1.807) is 0 Å². The molecule has 1 aliphatic heterocycles. The first kappa shape index (κ1) is 19.6. The molecule has 1 saturated heterocycles. The van der Waals surface area contributed by atoms with E-state index in [1.807, 2.05) is 18.2 Å². The van der Waals surface area contributed by atoms with E-state index >= 15 is 0 Å². The average molecular weight is 388 g/mol. The number of hydrogen-bond acceptors (Lipinski definition) is 5. The number of piperazine rings is 1. The highest BCUT2D eigenvalue weighted by atomic mass is 15.3. The zero-order valence-corrected chi connectivity index (χ0v) is 17.1. The van der Waals surface area contributed by atoms with E-state index < -0.39 is 0 Å². The average Bonchev–Trinajstić information content (AvgIpc) is 2.76. The quantitative estimate of drug-likeness (QED) is 0.670. The molecule has 0 atom stereocenters. The number of rotatable bonds is 7. The molecule has 1 aromatic heterocycles. The van der Waals surface area contributed by atoms with Gasteiger partial charge in [0.2, 0.25) is 0 Å². The second-order valence-electron chi connectivity index (χ2n) is 7.66. The Kier molecular flexibility index (Phi) is 6.49. The molecule has 2 heterocycles. The van der Waals surface area contributed by atoms with Crippen LogP contribution in [0.1, 0.15) is 11.1 Å². The molecule has 0 saturated carbocycles. The number of hydrogen-bond donors (Lipinski definition) is 1. The largest absolute Gasteiger partial charge is 0.367 e. The number of nitrogens with one attached hydrogen (secondary N) is 1. The fourth-order valence-electron chi connectivity index (χ4n) is 3.81. The zero-order valence-electron chi connectivity index (χ0n) is 17.1. The van der Waals surface area contributed by atoms with Crippen LogP contribution >= 0.6 is 0 Å². The molecule has 4 rings (SSSR count). The number of anilines is 1. The maximum absolute atomic E-state index is 4.43. The molecule has 2 aromatic carbocycles. The van der Waals surface area contributed by atoms with Crippen LogP contribution < -0.4 is 5.32 Å². The lowest BCUT2D eigenvalue weighted by atomic mass is 10.1. The Hall–Kier alpha value is -2.76. The van der Waals surface area contributed by atoms with Crippen LogP contribution in [0.2, 0.25) is 0 Å². The van der Waals surface area contributed by atoms with Gasteiger partial charge < -0.3 is 5.32 Å². The molecule has 0 bridgehead atoms. The number of aromatic nitrogens is 2. The van der Waals surface area contributed by atoms with Crippen molar-refractivity contribution in [3.63, 3.8) is 0 Å². The molecule has 29 heavy (non-hydrogen) atoms. The van der Waals surface area contributed by atoms with E-state index in [4.69, 9.17) is 0 Å². The van der Waals surface area contributed by atoms with E-state index in [1.165, 1.54) is 5.56 Å². The molecular formula is C24H29N5. The third kappa shape index (κ3) is 5.40. The van der Waals surface area contributed by atoms with Gasteiger partial charge in [0, 0.05) is 51.4 Å². The minimum absolute atomic E-state index is 0.852. The van der Waals surface area contributed by atoms with Crippen molar-refractivity contribution >= 4 is 5.82 Å². The topological polar surface area (TPSA) is 44.3 Å². The van der Waals surface area contributed by atoms with Gasteiger partial charge >= 0.3 is 0 Å². The van der Waals surface area contributed by atoms with Crippen LogP contribution in [0.4, 0.5) is 5.82 Å². The first-order chi connectivity index (χ1) is 14.3. The van der Waals surface area contributed by atoms with Crippen LogP contribution in [0.3, 0.4) is 0 Å². The minimum atomic E-state index is 0.852. The predicted octanol–water partition coefficient (Wildman–Crippen LogP) is 3.68. The molecule has 5 heteroatoms. The summed E-state index contributed by atoms with van der Waals surface area (Å²) >= 11 is 0. The lowest BCUT2D eigenvalue weighted by molar-refractivity contribution is 0.130. The molecule has 1 aliphatic rings. The number of nitrogens with zero attached hydrogens (tertiary/aromatic N) is 4. The molecule has 0 aliphatic carbocycles. The first-order valence-corrected chi connectivity index (χ1v) is 10.4. The van der Waals surface area contributed by atoms with Gasteiger partial charge in [0.15, 0.2) is 0 Å². The van der Waals surface area contributed by atoms with Gasteiger partial charge in [-0.05, 0) is 24.1 Å². The van der Waals surface area contributed by atoms with E-state index in [0.29, 0.717) is 0 Å². The Labute approximate surface area is 173 Å². The van der Waals surface area contributed by atoms with Crippen molar-refractivity contribution in [3.8, 4) is 11.3 Å². The van der Waals surface area contributed by atoms with Gasteiger partial charge in [-0.15, -0.1) is 10.2 Å². The summed E-state index contributed by atoms with van der Waals surface area (Å²) in [7, 11) is 0. The highest BCUT2D eigenvalue weighted by Gasteiger charge is 2.16. The van der Waals surface area contributed by atoms with Crippen LogP contribution in [0, 0.1) is 6.92 Å². The zero-order chi connectivity index (χ0) is 19.9. The van der Waals surface area contributed by atoms with E-state index in [0.717, 1.165) is 68.5 Å². The van der Waals surface area contributed by atoms with Crippen LogP contribution in [-0.2, 0) is 6.54 Å². The van der Waals surface area contributed by atoms with Crippen molar-refractivity contribution in [2.75, 3.05) is 44.6 Å². The Morgan fingerprint density at radius 3 is 2.17 bits per heavy atom. The fraction of sp³-hybridized carbons (Fsp3) is 0.333. The second kappa shape index (κ2) is 9.63. The van der Waals surface area contributed by atoms with Gasteiger partial charge in [0.25, 0.3) is 0 Å². The molecular weight excluding hydrogens is 358 g/mol. The summed E-state index contributed by atoms with van der Waals surface area (Å²) in [5.74, 6) is 0.852. The van der Waals surface area contributed by atoms with Crippen molar-refractivity contribution in [1.82, 2.24) is 20.0 Å². The van der Waals surface area contributed by atoms with Gasteiger partial charge in [-0.2, -0.15) is 0 Å². The maximum atomic E-state index is 4.43. The molecule has 150 valence electrons. The molecule has 1 fully saturated rings. The first-order valence-electron chi connectivity index (χ1n) is 10.4. The van der Waals surface area contributed by atoms with Gasteiger partial charge in [-0.25, -0.2) is 0 Å². The fourth-order valence-corrected chi connectivity index (χ4v) is 3.81. The smallest absolute Gasteiger partial charge is 0.148 e. The summed E-state index contributed by atoms with van der Waals surface area (Å²) in [6, 6.07) is 23.0. The Morgan fingerprint density at radius 2 is 1.48 bits per heavy atom. The van der Waals surface area contributed by atoms with Crippen LogP contribution in [-0.4, -0.2) is 59.3 Å². The van der Waals surface area contributed by atoms with Crippen LogP contribution in [0.5, 0.6) is 0 Å². The Morgan fingerprint density at radius 1 is 0.828 bits per heavy atom. The number of benzene rings is 2. The van der Waals surface area contributed by atoms with Gasteiger partial charge in [-0.1, -0.05) is 60.7 Å². The predicted molar refractivity (Wildman–Crippen MR) is 119 cm³/mol. The number of aryl methyl sites for hydroxylation is 1. The highest BCUT2D eigenvalue weighted by Crippen LogP contribution is 2.21. The standard InChI is InChI=1S/C24H29N5/c1-20-18-23(26-27-24(20)22-10-6-3-7-11-22)25-12-13-28-14-16-29(17-15-28)19-21-8-4-2-5-9-21/h2-11,18H,12-17,19H2,1H3,(H,25,26). The monoisotopic (exact) mass is 387 g/mol. The SMILES string of the molecule is Cc1cc(NCCN2CCN(Cc3ccccc3)CC2)nnc1-c1ccccc1. The lowest BCUT2D eigenvalue weighted by Gasteiger charge is -2.34. The van der Waals surface area contributed by atoms with Crippen molar-refractivity contribution in [1.29, 1.82) is 0 Å². The van der Waals surface area contributed by atoms with Crippen molar-refractivity contribution < 1.29 is 0 Å². The summed E-state index contributed by atoms with van der Waals surface area (Å²) in [6.45, 7) is 9.54. The summed E-state index contributed by atoms with van der Waals surface area (Å²) in [5, 5.41) is 12.2. The molecule has 0 amide bonds. The van der Waals surface area contributed by atoms with Crippen LogP contribution in [0.15, 0.2) is 66.7 Å². The molecule has 0 unspecified atom stereocenters. The maximum Gasteiger partial charge on any atom is 0.148 e. The molecule has 0 radical (unpaired) electrons. The molecule has 3 aromatic rings. The minimum Gasteiger partial charge on any atom is -0.367 e. The van der Waals surface area contributed by atoms with Crippen molar-refractivity contribution in [2.45, 2.75) is 13.5 Å². The van der Waals surface area contributed by atoms with Crippen molar-refractivity contribution in [3.05, 3.63) is 77.9 Å².